The summed E-state index contributed by atoms with van der Waals surface area (Å²) in [4.78, 5) is 0. The fourth-order valence-corrected chi connectivity index (χ4v) is 1.18. The summed E-state index contributed by atoms with van der Waals surface area (Å²) in [6, 6.07) is 7.88. The zero-order chi connectivity index (χ0) is 10.4. The van der Waals surface area contributed by atoms with E-state index < -0.39 is 0 Å². The predicted molar refractivity (Wildman–Crippen MR) is 57.6 cm³/mol. The van der Waals surface area contributed by atoms with Crippen molar-refractivity contribution in [2.75, 3.05) is 13.7 Å². The van der Waals surface area contributed by atoms with Crippen molar-refractivity contribution in [3.05, 3.63) is 42.5 Å². The normalized spacial score (nSPS) is 12.1. The Kier molecular flexibility index (Phi) is 4.20. The first kappa shape index (κ1) is 10.8. The summed E-state index contributed by atoms with van der Waals surface area (Å²) < 4.78 is 10.6. The van der Waals surface area contributed by atoms with Crippen LogP contribution in [0.25, 0.3) is 0 Å². The van der Waals surface area contributed by atoms with Gasteiger partial charge in [0.1, 0.15) is 5.75 Å². The highest BCUT2D eigenvalue weighted by molar-refractivity contribution is 5.28. The van der Waals surface area contributed by atoms with Crippen LogP contribution in [0.5, 0.6) is 5.75 Å². The van der Waals surface area contributed by atoms with Gasteiger partial charge in [0.05, 0.1) is 19.8 Å². The van der Waals surface area contributed by atoms with E-state index in [0.29, 0.717) is 6.61 Å². The van der Waals surface area contributed by atoms with Gasteiger partial charge >= 0.3 is 0 Å². The molecule has 2 heteroatoms. The molecule has 1 aromatic carbocycles. The second-order valence-electron chi connectivity index (χ2n) is 3.04. The maximum absolute atomic E-state index is 5.49. The first-order valence-electron chi connectivity index (χ1n) is 4.64. The van der Waals surface area contributed by atoms with E-state index in [1.54, 1.807) is 13.2 Å². The fraction of sp³-hybridized carbons (Fsp3) is 0.333. The third-order valence-corrected chi connectivity index (χ3v) is 2.05. The van der Waals surface area contributed by atoms with E-state index in [-0.39, 0.29) is 6.10 Å². The molecule has 1 atom stereocenters. The Morgan fingerprint density at radius 3 is 2.50 bits per heavy atom. The van der Waals surface area contributed by atoms with Gasteiger partial charge in [-0.1, -0.05) is 18.2 Å². The highest BCUT2D eigenvalue weighted by atomic mass is 16.5. The summed E-state index contributed by atoms with van der Waals surface area (Å²) >= 11 is 0. The van der Waals surface area contributed by atoms with Crippen LogP contribution in [0.3, 0.4) is 0 Å². The Hall–Kier alpha value is -1.28. The number of methoxy groups -OCH3 is 1. The molecule has 0 N–H and O–H groups in total. The minimum Gasteiger partial charge on any atom is -0.497 e. The average molecular weight is 192 g/mol. The first-order chi connectivity index (χ1) is 6.77. The summed E-state index contributed by atoms with van der Waals surface area (Å²) in [6.07, 6.45) is 1.85. The molecular formula is C12H16O2. The molecule has 0 fully saturated rings. The van der Waals surface area contributed by atoms with E-state index >= 15 is 0 Å². The zero-order valence-corrected chi connectivity index (χ0v) is 8.69. The number of hydrogen-bond acceptors (Lipinski definition) is 2. The van der Waals surface area contributed by atoms with Crippen LogP contribution < -0.4 is 4.74 Å². The average Bonchev–Trinajstić information content (AvgIpc) is 2.26. The minimum atomic E-state index is 0.0962. The second-order valence-corrected chi connectivity index (χ2v) is 3.04. The summed E-state index contributed by atoms with van der Waals surface area (Å²) in [6.45, 7) is 6.20. The molecule has 14 heavy (non-hydrogen) atoms. The van der Waals surface area contributed by atoms with Crippen LogP contribution >= 0.6 is 0 Å². The Morgan fingerprint density at radius 1 is 1.36 bits per heavy atom. The molecule has 1 rings (SSSR count). The molecule has 0 saturated heterocycles. The third kappa shape index (κ3) is 2.89. The van der Waals surface area contributed by atoms with Crippen molar-refractivity contribution >= 4 is 0 Å². The van der Waals surface area contributed by atoms with Crippen LogP contribution in [0.4, 0.5) is 0 Å². The van der Waals surface area contributed by atoms with Crippen molar-refractivity contribution in [1.29, 1.82) is 0 Å². The van der Waals surface area contributed by atoms with E-state index in [2.05, 4.69) is 6.58 Å². The number of hydrogen-bond donors (Lipinski definition) is 0. The standard InChI is InChI=1S/C12H16O2/c1-4-9-14-10(2)11-5-7-12(13-3)8-6-11/h4-8,10H,1,9H2,2-3H3. The number of benzene rings is 1. The number of rotatable bonds is 5. The van der Waals surface area contributed by atoms with E-state index in [1.165, 1.54) is 0 Å². The Labute approximate surface area is 85.2 Å². The van der Waals surface area contributed by atoms with Crippen LogP contribution in [-0.2, 0) is 4.74 Å². The van der Waals surface area contributed by atoms with Gasteiger partial charge in [0.2, 0.25) is 0 Å². The molecule has 0 aromatic heterocycles. The molecule has 0 radical (unpaired) electrons. The summed E-state index contributed by atoms with van der Waals surface area (Å²) in [5.41, 5.74) is 1.15. The SMILES string of the molecule is C=CCOC(C)c1ccc(OC)cc1. The first-order valence-corrected chi connectivity index (χ1v) is 4.64. The maximum Gasteiger partial charge on any atom is 0.118 e. The molecule has 0 bridgehead atoms. The second kappa shape index (κ2) is 5.45. The molecule has 2 nitrogen and oxygen atoms in total. The lowest BCUT2D eigenvalue weighted by Crippen LogP contribution is -1.99. The summed E-state index contributed by atoms with van der Waals surface area (Å²) in [5.74, 6) is 0.865. The van der Waals surface area contributed by atoms with Gasteiger partial charge in [-0.3, -0.25) is 0 Å². The molecule has 0 heterocycles. The predicted octanol–water partition coefficient (Wildman–Crippen LogP) is 2.96. The molecule has 0 saturated carbocycles. The summed E-state index contributed by atoms with van der Waals surface area (Å²) in [7, 11) is 1.66. The maximum atomic E-state index is 5.49. The molecule has 0 amide bonds. The van der Waals surface area contributed by atoms with Crippen LogP contribution in [-0.4, -0.2) is 13.7 Å². The van der Waals surface area contributed by atoms with E-state index in [0.717, 1.165) is 11.3 Å². The third-order valence-electron chi connectivity index (χ3n) is 2.05. The minimum absolute atomic E-state index is 0.0962. The molecule has 76 valence electrons. The van der Waals surface area contributed by atoms with Crippen LogP contribution in [0, 0.1) is 0 Å². The highest BCUT2D eigenvalue weighted by Crippen LogP contribution is 2.19. The monoisotopic (exact) mass is 192 g/mol. The van der Waals surface area contributed by atoms with Gasteiger partial charge in [-0.15, -0.1) is 6.58 Å². The van der Waals surface area contributed by atoms with Gasteiger partial charge in [-0.2, -0.15) is 0 Å². The van der Waals surface area contributed by atoms with Gasteiger partial charge in [-0.05, 0) is 24.6 Å². The van der Waals surface area contributed by atoms with Crippen molar-refractivity contribution in [2.45, 2.75) is 13.0 Å². The lowest BCUT2D eigenvalue weighted by atomic mass is 10.1. The van der Waals surface area contributed by atoms with E-state index in [4.69, 9.17) is 9.47 Å². The van der Waals surface area contributed by atoms with Crippen molar-refractivity contribution < 1.29 is 9.47 Å². The fourth-order valence-electron chi connectivity index (χ4n) is 1.18. The van der Waals surface area contributed by atoms with Crippen LogP contribution in [0.1, 0.15) is 18.6 Å². The summed E-state index contributed by atoms with van der Waals surface area (Å²) in [5, 5.41) is 0. The Balaban J connectivity index is 2.61. The highest BCUT2D eigenvalue weighted by Gasteiger charge is 2.04. The van der Waals surface area contributed by atoms with E-state index in [9.17, 15) is 0 Å². The molecular weight excluding hydrogens is 176 g/mol. The van der Waals surface area contributed by atoms with E-state index in [1.807, 2.05) is 31.2 Å². The molecule has 0 aliphatic rings. The van der Waals surface area contributed by atoms with Gasteiger partial charge < -0.3 is 9.47 Å². The Bertz CT molecular complexity index is 277. The smallest absolute Gasteiger partial charge is 0.118 e. The Morgan fingerprint density at radius 2 is 2.00 bits per heavy atom. The molecule has 0 spiro atoms. The molecule has 0 aliphatic carbocycles. The van der Waals surface area contributed by atoms with Crippen LogP contribution in [0.2, 0.25) is 0 Å². The van der Waals surface area contributed by atoms with Gasteiger partial charge in [0.25, 0.3) is 0 Å². The molecule has 1 aromatic rings. The number of ether oxygens (including phenoxy) is 2. The topological polar surface area (TPSA) is 18.5 Å². The van der Waals surface area contributed by atoms with Crippen molar-refractivity contribution in [3.8, 4) is 5.75 Å². The van der Waals surface area contributed by atoms with Gasteiger partial charge in [0, 0.05) is 0 Å². The quantitative estimate of drug-likeness (QED) is 0.668. The van der Waals surface area contributed by atoms with Crippen molar-refractivity contribution in [1.82, 2.24) is 0 Å². The lowest BCUT2D eigenvalue weighted by Gasteiger charge is -2.12. The molecule has 1 unspecified atom stereocenters. The molecule has 0 aliphatic heterocycles. The largest absolute Gasteiger partial charge is 0.497 e. The van der Waals surface area contributed by atoms with Gasteiger partial charge in [-0.25, -0.2) is 0 Å². The van der Waals surface area contributed by atoms with Crippen LogP contribution in [0.15, 0.2) is 36.9 Å². The van der Waals surface area contributed by atoms with Crippen molar-refractivity contribution in [2.24, 2.45) is 0 Å². The van der Waals surface area contributed by atoms with Gasteiger partial charge in [0.15, 0.2) is 0 Å². The zero-order valence-electron chi connectivity index (χ0n) is 8.69. The lowest BCUT2D eigenvalue weighted by molar-refractivity contribution is 0.0887. The van der Waals surface area contributed by atoms with Crippen molar-refractivity contribution in [3.63, 3.8) is 0 Å².